The van der Waals surface area contributed by atoms with Crippen LogP contribution in [-0.4, -0.2) is 42.7 Å². The molecule has 1 rings (SSSR count). The lowest BCUT2D eigenvalue weighted by Crippen LogP contribution is -2.33. The topological polar surface area (TPSA) is 49.8 Å². The number of para-hydroxylation sites is 1. The zero-order valence-corrected chi connectivity index (χ0v) is 10.6. The van der Waals surface area contributed by atoms with Crippen molar-refractivity contribution in [2.75, 3.05) is 26.8 Å². The average Bonchev–Trinajstić information content (AvgIpc) is 2.28. The number of likely N-dealkylation sites (N-methyl/N-ethyl adjacent to an activating group) is 1. The normalized spacial score (nSPS) is 9.94. The first-order chi connectivity index (χ1) is 7.65. The third-order valence-corrected chi connectivity index (χ3v) is 2.70. The Morgan fingerprint density at radius 3 is 2.81 bits per heavy atom. The lowest BCUT2D eigenvalue weighted by atomic mass is 10.3. The molecule has 5 heteroatoms. The maximum absolute atomic E-state index is 11.5. The summed E-state index contributed by atoms with van der Waals surface area (Å²) in [5, 5.41) is 8.67. The van der Waals surface area contributed by atoms with Crippen molar-refractivity contribution in [3.63, 3.8) is 0 Å². The Bertz CT molecular complexity index is 357. The van der Waals surface area contributed by atoms with Gasteiger partial charge in [-0.1, -0.05) is 12.1 Å². The number of nitrogens with zero attached hydrogens (tertiary/aromatic N) is 1. The summed E-state index contributed by atoms with van der Waals surface area (Å²) >= 11 is 3.32. The molecule has 1 N–H and O–H groups in total. The highest BCUT2D eigenvalue weighted by atomic mass is 79.9. The van der Waals surface area contributed by atoms with Crippen molar-refractivity contribution in [1.29, 1.82) is 0 Å². The minimum Gasteiger partial charge on any atom is -0.483 e. The van der Waals surface area contributed by atoms with Crippen LogP contribution < -0.4 is 4.74 Å². The molecule has 0 heterocycles. The van der Waals surface area contributed by atoms with Crippen LogP contribution in [0.3, 0.4) is 0 Å². The molecule has 1 aromatic rings. The van der Waals surface area contributed by atoms with Crippen LogP contribution in [0.25, 0.3) is 0 Å². The predicted octanol–water partition coefficient (Wildman–Crippen LogP) is 1.28. The van der Waals surface area contributed by atoms with E-state index in [2.05, 4.69) is 15.9 Å². The fourth-order valence-corrected chi connectivity index (χ4v) is 1.49. The molecule has 88 valence electrons. The number of amides is 1. The number of benzene rings is 1. The summed E-state index contributed by atoms with van der Waals surface area (Å²) in [5.74, 6) is 0.470. The zero-order chi connectivity index (χ0) is 12.0. The summed E-state index contributed by atoms with van der Waals surface area (Å²) < 4.78 is 6.16. The van der Waals surface area contributed by atoms with Crippen molar-refractivity contribution >= 4 is 21.8 Å². The second-order valence-corrected chi connectivity index (χ2v) is 4.11. The van der Waals surface area contributed by atoms with Gasteiger partial charge in [0, 0.05) is 13.6 Å². The number of aliphatic hydroxyl groups is 1. The lowest BCUT2D eigenvalue weighted by Gasteiger charge is -2.16. The number of carbonyl (C=O) groups excluding carboxylic acids is 1. The number of hydrogen-bond acceptors (Lipinski definition) is 3. The predicted molar refractivity (Wildman–Crippen MR) is 64.4 cm³/mol. The maximum Gasteiger partial charge on any atom is 0.260 e. The average molecular weight is 288 g/mol. The number of aliphatic hydroxyl groups excluding tert-OH is 1. The molecule has 1 amide bonds. The Morgan fingerprint density at radius 2 is 2.19 bits per heavy atom. The van der Waals surface area contributed by atoms with Crippen LogP contribution in [-0.2, 0) is 4.79 Å². The van der Waals surface area contributed by atoms with Crippen LogP contribution in [0, 0.1) is 0 Å². The van der Waals surface area contributed by atoms with Gasteiger partial charge in [-0.25, -0.2) is 0 Å². The number of ether oxygens (including phenoxy) is 1. The summed E-state index contributed by atoms with van der Waals surface area (Å²) in [6.07, 6.45) is 0. The Morgan fingerprint density at radius 1 is 1.50 bits per heavy atom. The fraction of sp³-hybridized carbons (Fsp3) is 0.364. The third kappa shape index (κ3) is 3.83. The summed E-state index contributed by atoms with van der Waals surface area (Å²) in [6, 6.07) is 7.33. The Kier molecular flexibility index (Phi) is 5.28. The highest BCUT2D eigenvalue weighted by Gasteiger charge is 2.09. The molecule has 0 bridgehead atoms. The van der Waals surface area contributed by atoms with Crippen LogP contribution in [0.4, 0.5) is 0 Å². The quantitative estimate of drug-likeness (QED) is 0.888. The van der Waals surface area contributed by atoms with E-state index < -0.39 is 0 Å². The van der Waals surface area contributed by atoms with E-state index in [0.717, 1.165) is 4.47 Å². The molecule has 0 atom stereocenters. The van der Waals surface area contributed by atoms with E-state index >= 15 is 0 Å². The first kappa shape index (κ1) is 13.0. The summed E-state index contributed by atoms with van der Waals surface area (Å²) in [5.41, 5.74) is 0. The van der Waals surface area contributed by atoms with Gasteiger partial charge in [-0.2, -0.15) is 0 Å². The first-order valence-electron chi connectivity index (χ1n) is 4.87. The van der Waals surface area contributed by atoms with Crippen molar-refractivity contribution in [3.05, 3.63) is 28.7 Å². The van der Waals surface area contributed by atoms with E-state index in [1.165, 1.54) is 4.90 Å². The van der Waals surface area contributed by atoms with Crippen molar-refractivity contribution < 1.29 is 14.6 Å². The van der Waals surface area contributed by atoms with E-state index in [1.54, 1.807) is 13.1 Å². The minimum atomic E-state index is -0.162. The van der Waals surface area contributed by atoms with Gasteiger partial charge in [0.2, 0.25) is 0 Å². The van der Waals surface area contributed by atoms with Gasteiger partial charge >= 0.3 is 0 Å². The molecule has 0 aromatic heterocycles. The Labute approximate surface area is 103 Å². The first-order valence-corrected chi connectivity index (χ1v) is 5.66. The summed E-state index contributed by atoms with van der Waals surface area (Å²) in [7, 11) is 1.63. The number of halogens is 1. The second-order valence-electron chi connectivity index (χ2n) is 3.26. The second kappa shape index (κ2) is 6.50. The van der Waals surface area contributed by atoms with Gasteiger partial charge in [0.1, 0.15) is 5.75 Å². The molecule has 0 spiro atoms. The monoisotopic (exact) mass is 287 g/mol. The summed E-state index contributed by atoms with van der Waals surface area (Å²) in [4.78, 5) is 12.9. The molecule has 4 nitrogen and oxygen atoms in total. The number of rotatable bonds is 5. The van der Waals surface area contributed by atoms with Crippen molar-refractivity contribution in [2.45, 2.75) is 0 Å². The van der Waals surface area contributed by atoms with Gasteiger partial charge in [-0.05, 0) is 28.1 Å². The molecular formula is C11H14BrNO3. The van der Waals surface area contributed by atoms with E-state index in [9.17, 15) is 4.79 Å². The SMILES string of the molecule is CN(CCO)C(=O)COc1ccccc1Br. The smallest absolute Gasteiger partial charge is 0.260 e. The van der Waals surface area contributed by atoms with Gasteiger partial charge in [-0.3, -0.25) is 4.79 Å². The van der Waals surface area contributed by atoms with Crippen LogP contribution in [0.5, 0.6) is 5.75 Å². The van der Waals surface area contributed by atoms with E-state index in [0.29, 0.717) is 12.3 Å². The molecule has 0 fully saturated rings. The lowest BCUT2D eigenvalue weighted by molar-refractivity contribution is -0.132. The molecule has 0 aliphatic rings. The molecule has 0 aliphatic carbocycles. The highest BCUT2D eigenvalue weighted by molar-refractivity contribution is 9.10. The molecule has 1 aromatic carbocycles. The van der Waals surface area contributed by atoms with E-state index in [4.69, 9.17) is 9.84 Å². The zero-order valence-electron chi connectivity index (χ0n) is 9.02. The third-order valence-electron chi connectivity index (χ3n) is 2.05. The van der Waals surface area contributed by atoms with Crippen molar-refractivity contribution in [2.24, 2.45) is 0 Å². The maximum atomic E-state index is 11.5. The fourth-order valence-electron chi connectivity index (χ4n) is 1.09. The van der Waals surface area contributed by atoms with Gasteiger partial charge in [0.15, 0.2) is 6.61 Å². The molecule has 0 aliphatic heterocycles. The Balaban J connectivity index is 2.46. The number of hydrogen-bond donors (Lipinski definition) is 1. The molecule has 0 unspecified atom stereocenters. The standard InChI is InChI=1S/C11H14BrNO3/c1-13(6-7-14)11(15)8-16-10-5-3-2-4-9(10)12/h2-5,14H,6-8H2,1H3. The molecule has 16 heavy (non-hydrogen) atoms. The molecule has 0 radical (unpaired) electrons. The van der Waals surface area contributed by atoms with Crippen LogP contribution in [0.2, 0.25) is 0 Å². The van der Waals surface area contributed by atoms with E-state index in [-0.39, 0.29) is 19.1 Å². The molecule has 0 saturated heterocycles. The van der Waals surface area contributed by atoms with E-state index in [1.807, 2.05) is 18.2 Å². The number of carbonyl (C=O) groups is 1. The van der Waals surface area contributed by atoms with Gasteiger partial charge in [0.25, 0.3) is 5.91 Å². The van der Waals surface area contributed by atoms with Crippen LogP contribution >= 0.6 is 15.9 Å². The van der Waals surface area contributed by atoms with Crippen LogP contribution in [0.1, 0.15) is 0 Å². The highest BCUT2D eigenvalue weighted by Crippen LogP contribution is 2.23. The largest absolute Gasteiger partial charge is 0.483 e. The molecule has 0 saturated carbocycles. The summed E-state index contributed by atoms with van der Waals surface area (Å²) in [6.45, 7) is 0.245. The Hall–Kier alpha value is -1.07. The van der Waals surface area contributed by atoms with Gasteiger partial charge < -0.3 is 14.7 Å². The van der Waals surface area contributed by atoms with Gasteiger partial charge in [0.05, 0.1) is 11.1 Å². The minimum absolute atomic E-state index is 0.0287. The van der Waals surface area contributed by atoms with Crippen molar-refractivity contribution in [3.8, 4) is 5.75 Å². The van der Waals surface area contributed by atoms with Crippen LogP contribution in [0.15, 0.2) is 28.7 Å². The van der Waals surface area contributed by atoms with Gasteiger partial charge in [-0.15, -0.1) is 0 Å². The molecular weight excluding hydrogens is 274 g/mol. The van der Waals surface area contributed by atoms with Crippen molar-refractivity contribution in [1.82, 2.24) is 4.90 Å².